The predicted molar refractivity (Wildman–Crippen MR) is 77.1 cm³/mol. The van der Waals surface area contributed by atoms with Crippen LogP contribution in [0.3, 0.4) is 0 Å². The molecule has 0 aliphatic carbocycles. The van der Waals surface area contributed by atoms with Gasteiger partial charge in [0.1, 0.15) is 0 Å². The van der Waals surface area contributed by atoms with Crippen molar-refractivity contribution in [2.45, 2.75) is 50.7 Å². The summed E-state index contributed by atoms with van der Waals surface area (Å²) in [6.07, 6.45) is 5.11. The second-order valence-electron chi connectivity index (χ2n) is 6.20. The number of nitrogens with one attached hydrogen (secondary N) is 2. The van der Waals surface area contributed by atoms with E-state index in [1.807, 2.05) is 19.0 Å². The van der Waals surface area contributed by atoms with Gasteiger partial charge in [-0.25, -0.2) is 0 Å². The van der Waals surface area contributed by atoms with Crippen LogP contribution in [-0.4, -0.2) is 61.3 Å². The first kappa shape index (κ1) is 16.4. The quantitative estimate of drug-likeness (QED) is 0.625. The van der Waals surface area contributed by atoms with Gasteiger partial charge in [0.05, 0.1) is 5.60 Å². The molecule has 5 nitrogen and oxygen atoms in total. The summed E-state index contributed by atoms with van der Waals surface area (Å²) in [5.41, 5.74) is -0.873. The third kappa shape index (κ3) is 7.50. The number of likely N-dealkylation sites (N-methyl/N-ethyl adjacent to an activating group) is 1. The Morgan fingerprint density at radius 3 is 2.79 bits per heavy atom. The van der Waals surface area contributed by atoms with Crippen LogP contribution in [0.1, 0.15) is 39.0 Å². The monoisotopic (exact) mass is 271 g/mol. The standard InChI is InChI=1S/C14H29N3O2/c1-14(19,11-17(2)3)10-16-13(18)8-7-12-6-4-5-9-15-12/h12,15,19H,4-11H2,1-3H3,(H,16,18). The average molecular weight is 271 g/mol. The van der Waals surface area contributed by atoms with Crippen LogP contribution in [0.4, 0.5) is 0 Å². The summed E-state index contributed by atoms with van der Waals surface area (Å²) >= 11 is 0. The summed E-state index contributed by atoms with van der Waals surface area (Å²) in [6.45, 7) is 3.67. The van der Waals surface area contributed by atoms with Crippen LogP contribution in [-0.2, 0) is 4.79 Å². The fourth-order valence-corrected chi connectivity index (χ4v) is 2.59. The zero-order valence-corrected chi connectivity index (χ0v) is 12.5. The number of piperidine rings is 1. The van der Waals surface area contributed by atoms with Crippen molar-refractivity contribution in [1.29, 1.82) is 0 Å². The Morgan fingerprint density at radius 2 is 2.21 bits per heavy atom. The number of aliphatic hydroxyl groups is 1. The molecule has 2 atom stereocenters. The lowest BCUT2D eigenvalue weighted by atomic mass is 10.0. The van der Waals surface area contributed by atoms with Gasteiger partial charge < -0.3 is 20.6 Å². The number of rotatable bonds is 7. The van der Waals surface area contributed by atoms with Crippen molar-refractivity contribution in [2.75, 3.05) is 33.7 Å². The molecule has 0 aromatic carbocycles. The second-order valence-corrected chi connectivity index (χ2v) is 6.20. The number of amides is 1. The summed E-state index contributed by atoms with van der Waals surface area (Å²) < 4.78 is 0. The van der Waals surface area contributed by atoms with E-state index >= 15 is 0 Å². The first-order valence-corrected chi connectivity index (χ1v) is 7.26. The number of carbonyl (C=O) groups is 1. The Labute approximate surface area is 116 Å². The van der Waals surface area contributed by atoms with Gasteiger partial charge in [0.15, 0.2) is 0 Å². The highest BCUT2D eigenvalue weighted by atomic mass is 16.3. The van der Waals surface area contributed by atoms with E-state index in [-0.39, 0.29) is 5.91 Å². The first-order chi connectivity index (χ1) is 8.89. The van der Waals surface area contributed by atoms with E-state index in [0.29, 0.717) is 25.6 Å². The topological polar surface area (TPSA) is 64.6 Å². The molecule has 0 radical (unpaired) electrons. The van der Waals surface area contributed by atoms with E-state index in [1.54, 1.807) is 6.92 Å². The Kier molecular flexibility index (Phi) is 6.75. The molecule has 0 spiro atoms. The van der Waals surface area contributed by atoms with Gasteiger partial charge in [-0.1, -0.05) is 6.42 Å². The Balaban J connectivity index is 2.16. The molecule has 1 fully saturated rings. The van der Waals surface area contributed by atoms with E-state index in [4.69, 9.17) is 0 Å². The van der Waals surface area contributed by atoms with E-state index in [0.717, 1.165) is 13.0 Å². The molecule has 112 valence electrons. The molecule has 0 saturated carbocycles. The second kappa shape index (κ2) is 7.82. The number of hydrogen-bond donors (Lipinski definition) is 3. The van der Waals surface area contributed by atoms with Gasteiger partial charge in [-0.3, -0.25) is 4.79 Å². The van der Waals surface area contributed by atoms with Crippen LogP contribution in [0.2, 0.25) is 0 Å². The zero-order valence-electron chi connectivity index (χ0n) is 12.5. The Bertz CT molecular complexity index is 274. The summed E-state index contributed by atoms with van der Waals surface area (Å²) in [5, 5.41) is 16.3. The average Bonchev–Trinajstić information content (AvgIpc) is 2.34. The molecule has 3 N–H and O–H groups in total. The van der Waals surface area contributed by atoms with Crippen LogP contribution in [0.15, 0.2) is 0 Å². The third-order valence-corrected chi connectivity index (χ3v) is 3.46. The number of hydrogen-bond acceptors (Lipinski definition) is 4. The molecule has 0 aromatic heterocycles. The van der Waals surface area contributed by atoms with Crippen molar-refractivity contribution >= 4 is 5.91 Å². The minimum atomic E-state index is -0.873. The van der Waals surface area contributed by atoms with E-state index in [2.05, 4.69) is 10.6 Å². The summed E-state index contributed by atoms with van der Waals surface area (Å²) in [7, 11) is 3.82. The van der Waals surface area contributed by atoms with E-state index in [1.165, 1.54) is 19.3 Å². The smallest absolute Gasteiger partial charge is 0.220 e. The summed E-state index contributed by atoms with van der Waals surface area (Å²) in [5.74, 6) is 0.0337. The molecule has 1 amide bonds. The summed E-state index contributed by atoms with van der Waals surface area (Å²) in [4.78, 5) is 13.7. The highest BCUT2D eigenvalue weighted by Gasteiger charge is 2.22. The van der Waals surface area contributed by atoms with Crippen molar-refractivity contribution in [1.82, 2.24) is 15.5 Å². The molecule has 1 rings (SSSR count). The van der Waals surface area contributed by atoms with Crippen LogP contribution >= 0.6 is 0 Å². The minimum absolute atomic E-state index is 0.0337. The zero-order chi connectivity index (χ0) is 14.3. The molecule has 1 aliphatic rings. The van der Waals surface area contributed by atoms with Crippen LogP contribution in [0.5, 0.6) is 0 Å². The minimum Gasteiger partial charge on any atom is -0.387 e. The van der Waals surface area contributed by atoms with Crippen molar-refractivity contribution in [2.24, 2.45) is 0 Å². The maximum Gasteiger partial charge on any atom is 0.220 e. The van der Waals surface area contributed by atoms with Gasteiger partial charge in [0, 0.05) is 25.6 Å². The van der Waals surface area contributed by atoms with Crippen molar-refractivity contribution in [3.8, 4) is 0 Å². The molecule has 19 heavy (non-hydrogen) atoms. The lowest BCUT2D eigenvalue weighted by Gasteiger charge is -2.27. The van der Waals surface area contributed by atoms with Crippen LogP contribution in [0, 0.1) is 0 Å². The SMILES string of the molecule is CN(C)CC(C)(O)CNC(=O)CCC1CCCCN1. The fourth-order valence-electron chi connectivity index (χ4n) is 2.59. The Hall–Kier alpha value is -0.650. The molecular weight excluding hydrogens is 242 g/mol. The highest BCUT2D eigenvalue weighted by Crippen LogP contribution is 2.11. The van der Waals surface area contributed by atoms with Gasteiger partial charge >= 0.3 is 0 Å². The van der Waals surface area contributed by atoms with E-state index in [9.17, 15) is 9.90 Å². The molecular formula is C14H29N3O2. The molecule has 0 aromatic rings. The normalized spacial score (nSPS) is 23.1. The molecule has 1 heterocycles. The molecule has 2 unspecified atom stereocenters. The largest absolute Gasteiger partial charge is 0.387 e. The van der Waals surface area contributed by atoms with Gasteiger partial charge in [0.2, 0.25) is 5.91 Å². The van der Waals surface area contributed by atoms with Gasteiger partial charge in [-0.15, -0.1) is 0 Å². The fraction of sp³-hybridized carbons (Fsp3) is 0.929. The third-order valence-electron chi connectivity index (χ3n) is 3.46. The lowest BCUT2D eigenvalue weighted by Crippen LogP contribution is -2.47. The molecule has 5 heteroatoms. The maximum atomic E-state index is 11.8. The summed E-state index contributed by atoms with van der Waals surface area (Å²) in [6, 6.07) is 0.488. The van der Waals surface area contributed by atoms with Gasteiger partial charge in [-0.05, 0) is 46.8 Å². The predicted octanol–water partition coefficient (Wildman–Crippen LogP) is 0.338. The van der Waals surface area contributed by atoms with E-state index < -0.39 is 5.60 Å². The van der Waals surface area contributed by atoms with Crippen LogP contribution in [0.25, 0.3) is 0 Å². The molecule has 1 aliphatic heterocycles. The lowest BCUT2D eigenvalue weighted by molar-refractivity contribution is -0.122. The van der Waals surface area contributed by atoms with Gasteiger partial charge in [-0.2, -0.15) is 0 Å². The van der Waals surface area contributed by atoms with Crippen molar-refractivity contribution in [3.05, 3.63) is 0 Å². The van der Waals surface area contributed by atoms with Crippen molar-refractivity contribution in [3.63, 3.8) is 0 Å². The molecule has 0 bridgehead atoms. The first-order valence-electron chi connectivity index (χ1n) is 7.26. The van der Waals surface area contributed by atoms with Crippen LogP contribution < -0.4 is 10.6 Å². The Morgan fingerprint density at radius 1 is 1.47 bits per heavy atom. The van der Waals surface area contributed by atoms with Crippen molar-refractivity contribution < 1.29 is 9.90 Å². The number of carbonyl (C=O) groups excluding carboxylic acids is 1. The van der Waals surface area contributed by atoms with Gasteiger partial charge in [0.25, 0.3) is 0 Å². The maximum absolute atomic E-state index is 11.8. The number of nitrogens with zero attached hydrogens (tertiary/aromatic N) is 1. The highest BCUT2D eigenvalue weighted by molar-refractivity contribution is 5.75. The molecule has 1 saturated heterocycles.